The Morgan fingerprint density at radius 1 is 1.05 bits per heavy atom. The second-order valence-corrected chi connectivity index (χ2v) is 4.60. The molecule has 6 nitrogen and oxygen atoms in total. The Morgan fingerprint density at radius 3 is 2.50 bits per heavy atom. The van der Waals surface area contributed by atoms with Crippen LogP contribution in [-0.4, -0.2) is 23.2 Å². The summed E-state index contributed by atoms with van der Waals surface area (Å²) in [6.45, 7) is 0. The largest absolute Gasteiger partial charge is 0.459 e. The number of nitrogens with one attached hydrogen (secondary N) is 1. The lowest BCUT2D eigenvalue weighted by Crippen LogP contribution is -2.15. The minimum Gasteiger partial charge on any atom is -0.459 e. The van der Waals surface area contributed by atoms with E-state index in [1.54, 1.807) is 24.3 Å². The molecule has 0 fully saturated rings. The van der Waals surface area contributed by atoms with E-state index >= 15 is 0 Å². The first-order valence-electron chi connectivity index (χ1n) is 6.71. The van der Waals surface area contributed by atoms with Crippen molar-refractivity contribution in [3.05, 3.63) is 66.6 Å². The molecule has 1 aromatic carbocycles. The molecule has 0 saturated carbocycles. The standard InChI is InChI=1S/C16H14N4O2/c1-20(12-6-3-2-4-7-12)15-10-9-14(18-19-15)17-16(21)13-8-5-11-22-13/h2-11H,1H3,(H,17,18,21). The number of hydrogen-bond acceptors (Lipinski definition) is 5. The van der Waals surface area contributed by atoms with Crippen LogP contribution in [0.25, 0.3) is 0 Å². The minimum absolute atomic E-state index is 0.229. The lowest BCUT2D eigenvalue weighted by Gasteiger charge is -2.17. The molecule has 0 aliphatic rings. The third kappa shape index (κ3) is 2.95. The highest BCUT2D eigenvalue weighted by Crippen LogP contribution is 2.20. The Kier molecular flexibility index (Phi) is 3.82. The summed E-state index contributed by atoms with van der Waals surface area (Å²) < 4.78 is 5.02. The highest BCUT2D eigenvalue weighted by atomic mass is 16.3. The highest BCUT2D eigenvalue weighted by molar-refractivity contribution is 6.01. The second-order valence-electron chi connectivity index (χ2n) is 4.60. The molecule has 2 aromatic heterocycles. The fraction of sp³-hybridized carbons (Fsp3) is 0.0625. The molecule has 0 saturated heterocycles. The summed E-state index contributed by atoms with van der Waals surface area (Å²) >= 11 is 0. The van der Waals surface area contributed by atoms with E-state index in [0.717, 1.165) is 5.69 Å². The lowest BCUT2D eigenvalue weighted by molar-refractivity contribution is 0.0996. The number of carbonyl (C=O) groups excluding carboxylic acids is 1. The van der Waals surface area contributed by atoms with Crippen molar-refractivity contribution < 1.29 is 9.21 Å². The van der Waals surface area contributed by atoms with Crippen LogP contribution in [0.2, 0.25) is 0 Å². The summed E-state index contributed by atoms with van der Waals surface area (Å²) in [5.41, 5.74) is 1.00. The molecule has 6 heteroatoms. The maximum Gasteiger partial charge on any atom is 0.292 e. The van der Waals surface area contributed by atoms with E-state index in [4.69, 9.17) is 4.42 Å². The lowest BCUT2D eigenvalue weighted by atomic mass is 10.3. The van der Waals surface area contributed by atoms with Gasteiger partial charge in [0.2, 0.25) is 0 Å². The Bertz CT molecular complexity index is 740. The first-order chi connectivity index (χ1) is 10.7. The van der Waals surface area contributed by atoms with Gasteiger partial charge in [-0.05, 0) is 36.4 Å². The molecule has 0 aliphatic heterocycles. The van der Waals surface area contributed by atoms with Gasteiger partial charge in [-0.15, -0.1) is 10.2 Å². The smallest absolute Gasteiger partial charge is 0.292 e. The van der Waals surface area contributed by atoms with Crippen LogP contribution in [0, 0.1) is 0 Å². The zero-order valence-electron chi connectivity index (χ0n) is 11.9. The number of hydrogen-bond donors (Lipinski definition) is 1. The van der Waals surface area contributed by atoms with E-state index in [1.807, 2.05) is 42.3 Å². The van der Waals surface area contributed by atoms with Crippen molar-refractivity contribution in [2.45, 2.75) is 0 Å². The maximum atomic E-state index is 11.8. The third-order valence-corrected chi connectivity index (χ3v) is 3.12. The van der Waals surface area contributed by atoms with Gasteiger partial charge in [-0.2, -0.15) is 0 Å². The topological polar surface area (TPSA) is 71.3 Å². The molecule has 0 unspecified atom stereocenters. The summed E-state index contributed by atoms with van der Waals surface area (Å²) in [5.74, 6) is 0.921. The first-order valence-corrected chi connectivity index (χ1v) is 6.71. The van der Waals surface area contributed by atoms with Crippen LogP contribution in [0.3, 0.4) is 0 Å². The van der Waals surface area contributed by atoms with Crippen molar-refractivity contribution in [1.82, 2.24) is 10.2 Å². The number of aromatic nitrogens is 2. The summed E-state index contributed by atoms with van der Waals surface area (Å²) in [7, 11) is 1.90. The van der Waals surface area contributed by atoms with E-state index in [-0.39, 0.29) is 11.7 Å². The predicted octanol–water partition coefficient (Wildman–Crippen LogP) is 3.09. The molecule has 1 N–H and O–H groups in total. The van der Waals surface area contributed by atoms with Crippen LogP contribution < -0.4 is 10.2 Å². The zero-order valence-corrected chi connectivity index (χ0v) is 11.9. The van der Waals surface area contributed by atoms with Gasteiger partial charge in [0.25, 0.3) is 5.91 Å². The minimum atomic E-state index is -0.358. The van der Waals surface area contributed by atoms with Gasteiger partial charge in [-0.1, -0.05) is 18.2 Å². The normalized spacial score (nSPS) is 10.2. The molecule has 110 valence electrons. The average molecular weight is 294 g/mol. The molecule has 3 rings (SSSR count). The Balaban J connectivity index is 1.72. The monoisotopic (exact) mass is 294 g/mol. The maximum absolute atomic E-state index is 11.8. The van der Waals surface area contributed by atoms with Crippen LogP contribution in [0.1, 0.15) is 10.6 Å². The van der Waals surface area contributed by atoms with E-state index in [9.17, 15) is 4.79 Å². The van der Waals surface area contributed by atoms with E-state index in [1.165, 1.54) is 6.26 Å². The molecule has 0 spiro atoms. The van der Waals surface area contributed by atoms with E-state index in [0.29, 0.717) is 11.6 Å². The fourth-order valence-corrected chi connectivity index (χ4v) is 1.94. The van der Waals surface area contributed by atoms with Gasteiger partial charge in [0.15, 0.2) is 17.4 Å². The Hall–Kier alpha value is -3.15. The first kappa shape index (κ1) is 13.8. The quantitative estimate of drug-likeness (QED) is 0.800. The van der Waals surface area contributed by atoms with Crippen molar-refractivity contribution in [1.29, 1.82) is 0 Å². The number of carbonyl (C=O) groups is 1. The van der Waals surface area contributed by atoms with Crippen molar-refractivity contribution in [2.24, 2.45) is 0 Å². The zero-order chi connectivity index (χ0) is 15.4. The van der Waals surface area contributed by atoms with Crippen molar-refractivity contribution in [2.75, 3.05) is 17.3 Å². The van der Waals surface area contributed by atoms with Gasteiger partial charge in [0.05, 0.1) is 6.26 Å². The molecule has 0 atom stereocenters. The molecular weight excluding hydrogens is 280 g/mol. The molecule has 3 aromatic rings. The molecule has 22 heavy (non-hydrogen) atoms. The second kappa shape index (κ2) is 6.09. The number of benzene rings is 1. The van der Waals surface area contributed by atoms with Crippen molar-refractivity contribution >= 4 is 23.2 Å². The SMILES string of the molecule is CN(c1ccccc1)c1ccc(NC(=O)c2ccco2)nn1. The van der Waals surface area contributed by atoms with Crippen LogP contribution in [0.5, 0.6) is 0 Å². The summed E-state index contributed by atoms with van der Waals surface area (Å²) in [4.78, 5) is 13.7. The molecule has 1 amide bonds. The van der Waals surface area contributed by atoms with Gasteiger partial charge < -0.3 is 14.6 Å². The number of para-hydroxylation sites is 1. The highest BCUT2D eigenvalue weighted by Gasteiger charge is 2.11. The number of amides is 1. The Morgan fingerprint density at radius 2 is 1.86 bits per heavy atom. The van der Waals surface area contributed by atoms with Gasteiger partial charge in [0.1, 0.15) is 0 Å². The van der Waals surface area contributed by atoms with Crippen LogP contribution in [-0.2, 0) is 0 Å². The van der Waals surface area contributed by atoms with Gasteiger partial charge >= 0.3 is 0 Å². The summed E-state index contributed by atoms with van der Waals surface area (Å²) in [5, 5.41) is 10.8. The summed E-state index contributed by atoms with van der Waals surface area (Å²) in [6.07, 6.45) is 1.44. The number of rotatable bonds is 4. The predicted molar refractivity (Wildman–Crippen MR) is 83.2 cm³/mol. The van der Waals surface area contributed by atoms with Gasteiger partial charge in [0, 0.05) is 12.7 Å². The van der Waals surface area contributed by atoms with Crippen LogP contribution in [0.15, 0.2) is 65.3 Å². The van der Waals surface area contributed by atoms with Crippen LogP contribution >= 0.6 is 0 Å². The number of anilines is 3. The average Bonchev–Trinajstić information content (AvgIpc) is 3.10. The molecule has 0 bridgehead atoms. The van der Waals surface area contributed by atoms with Gasteiger partial charge in [-0.3, -0.25) is 4.79 Å². The summed E-state index contributed by atoms with van der Waals surface area (Å²) in [6, 6.07) is 16.5. The molecule has 0 radical (unpaired) electrons. The third-order valence-electron chi connectivity index (χ3n) is 3.12. The van der Waals surface area contributed by atoms with Crippen molar-refractivity contribution in [3.63, 3.8) is 0 Å². The molecule has 0 aliphatic carbocycles. The number of furan rings is 1. The van der Waals surface area contributed by atoms with Crippen LogP contribution in [0.4, 0.5) is 17.3 Å². The Labute approximate surface area is 127 Å². The molecular formula is C16H14N4O2. The number of nitrogens with zero attached hydrogens (tertiary/aromatic N) is 3. The molecule has 2 heterocycles. The van der Waals surface area contributed by atoms with E-state index in [2.05, 4.69) is 15.5 Å². The van der Waals surface area contributed by atoms with Gasteiger partial charge in [-0.25, -0.2) is 0 Å². The van der Waals surface area contributed by atoms with Crippen molar-refractivity contribution in [3.8, 4) is 0 Å². The van der Waals surface area contributed by atoms with E-state index < -0.39 is 0 Å². The fourth-order valence-electron chi connectivity index (χ4n) is 1.94.